The van der Waals surface area contributed by atoms with Crippen LogP contribution in [0.1, 0.15) is 29.9 Å². The van der Waals surface area contributed by atoms with Crippen LogP contribution in [0.25, 0.3) is 0 Å². The van der Waals surface area contributed by atoms with Gasteiger partial charge in [-0.15, -0.1) is 0 Å². The Morgan fingerprint density at radius 2 is 1.87 bits per heavy atom. The molecule has 15 heavy (non-hydrogen) atoms. The Morgan fingerprint density at radius 1 is 1.20 bits per heavy atom. The second kappa shape index (κ2) is 3.85. The normalized spacial score (nSPS) is 17.7. The highest BCUT2D eigenvalue weighted by Crippen LogP contribution is 2.28. The summed E-state index contributed by atoms with van der Waals surface area (Å²) < 4.78 is 4.49. The summed E-state index contributed by atoms with van der Waals surface area (Å²) in [5.74, 6) is -0.853. The number of hydrogen-bond donors (Lipinski definition) is 0. The summed E-state index contributed by atoms with van der Waals surface area (Å²) >= 11 is 0. The Balaban J connectivity index is 2.23. The Kier molecular flexibility index (Phi) is 2.54. The standard InChI is InChI=1S/C12H12O3/c1-8-3-2-4-9(5-8)10-6-11(13)15-12(14)7-10/h2-5,10H,6-7H2,1H3. The number of benzene rings is 1. The summed E-state index contributed by atoms with van der Waals surface area (Å²) in [6, 6.07) is 7.89. The third-order valence-corrected chi connectivity index (χ3v) is 2.57. The molecule has 1 aliphatic heterocycles. The molecular weight excluding hydrogens is 192 g/mol. The van der Waals surface area contributed by atoms with Crippen molar-refractivity contribution in [1.82, 2.24) is 0 Å². The quantitative estimate of drug-likeness (QED) is 0.518. The van der Waals surface area contributed by atoms with E-state index < -0.39 is 11.9 Å². The summed E-state index contributed by atoms with van der Waals surface area (Å²) in [6.07, 6.45) is 0.602. The van der Waals surface area contributed by atoms with Crippen LogP contribution >= 0.6 is 0 Å². The Labute approximate surface area is 88.1 Å². The number of aryl methyl sites for hydroxylation is 1. The van der Waals surface area contributed by atoms with Gasteiger partial charge in [0.15, 0.2) is 0 Å². The number of carbonyl (C=O) groups is 2. The van der Waals surface area contributed by atoms with E-state index in [1.807, 2.05) is 31.2 Å². The number of carbonyl (C=O) groups excluding carboxylic acids is 2. The van der Waals surface area contributed by atoms with Gasteiger partial charge in [0.25, 0.3) is 0 Å². The summed E-state index contributed by atoms with van der Waals surface area (Å²) in [6.45, 7) is 1.99. The molecule has 0 bridgehead atoms. The summed E-state index contributed by atoms with van der Waals surface area (Å²) in [5.41, 5.74) is 2.18. The Hall–Kier alpha value is -1.64. The van der Waals surface area contributed by atoms with Crippen LogP contribution < -0.4 is 0 Å². The minimum absolute atomic E-state index is 0.0151. The first-order chi connectivity index (χ1) is 7.15. The summed E-state index contributed by atoms with van der Waals surface area (Å²) in [4.78, 5) is 22.2. The van der Waals surface area contributed by atoms with Crippen molar-refractivity contribution >= 4 is 11.9 Å². The van der Waals surface area contributed by atoms with Crippen molar-refractivity contribution in [3.8, 4) is 0 Å². The molecule has 0 N–H and O–H groups in total. The molecule has 3 heteroatoms. The highest BCUT2D eigenvalue weighted by Gasteiger charge is 2.28. The molecule has 0 aliphatic carbocycles. The number of ether oxygens (including phenoxy) is 1. The van der Waals surface area contributed by atoms with E-state index in [2.05, 4.69) is 4.74 Å². The van der Waals surface area contributed by atoms with Gasteiger partial charge in [-0.25, -0.2) is 0 Å². The molecule has 1 aliphatic rings. The average Bonchev–Trinajstić information content (AvgIpc) is 2.16. The van der Waals surface area contributed by atoms with Crippen molar-refractivity contribution in [2.75, 3.05) is 0 Å². The molecule has 1 aromatic rings. The van der Waals surface area contributed by atoms with Crippen molar-refractivity contribution < 1.29 is 14.3 Å². The van der Waals surface area contributed by atoms with Crippen molar-refractivity contribution in [2.45, 2.75) is 25.7 Å². The average molecular weight is 204 g/mol. The maximum absolute atomic E-state index is 11.1. The van der Waals surface area contributed by atoms with Gasteiger partial charge in [0.1, 0.15) is 0 Å². The first-order valence-electron chi connectivity index (χ1n) is 4.95. The molecule has 1 heterocycles. The minimum atomic E-state index is -0.419. The zero-order valence-corrected chi connectivity index (χ0v) is 8.53. The topological polar surface area (TPSA) is 43.4 Å². The van der Waals surface area contributed by atoms with Crippen LogP contribution in [0.5, 0.6) is 0 Å². The molecule has 1 aromatic carbocycles. The lowest BCUT2D eigenvalue weighted by molar-refractivity contribution is -0.163. The zero-order valence-electron chi connectivity index (χ0n) is 8.53. The fraction of sp³-hybridized carbons (Fsp3) is 0.333. The van der Waals surface area contributed by atoms with Gasteiger partial charge in [-0.2, -0.15) is 0 Å². The van der Waals surface area contributed by atoms with Gasteiger partial charge in [-0.05, 0) is 12.5 Å². The van der Waals surface area contributed by atoms with Crippen LogP contribution in [0.4, 0.5) is 0 Å². The van der Waals surface area contributed by atoms with E-state index in [0.717, 1.165) is 11.1 Å². The smallest absolute Gasteiger partial charge is 0.314 e. The van der Waals surface area contributed by atoms with E-state index in [4.69, 9.17) is 0 Å². The second-order valence-electron chi connectivity index (χ2n) is 3.87. The molecule has 0 atom stereocenters. The van der Waals surface area contributed by atoms with Crippen molar-refractivity contribution in [2.24, 2.45) is 0 Å². The van der Waals surface area contributed by atoms with E-state index in [1.165, 1.54) is 0 Å². The van der Waals surface area contributed by atoms with Crippen LogP contribution in [0.3, 0.4) is 0 Å². The molecular formula is C12H12O3. The van der Waals surface area contributed by atoms with Crippen LogP contribution in [0, 0.1) is 6.92 Å². The molecule has 1 saturated heterocycles. The first kappa shape index (κ1) is 9.90. The van der Waals surface area contributed by atoms with E-state index in [9.17, 15) is 9.59 Å². The zero-order chi connectivity index (χ0) is 10.8. The van der Waals surface area contributed by atoms with Crippen LogP contribution in [-0.4, -0.2) is 11.9 Å². The third kappa shape index (κ3) is 2.24. The Bertz CT molecular complexity index is 393. The number of esters is 2. The van der Waals surface area contributed by atoms with Gasteiger partial charge in [0, 0.05) is 5.92 Å². The third-order valence-electron chi connectivity index (χ3n) is 2.57. The van der Waals surface area contributed by atoms with Crippen molar-refractivity contribution in [1.29, 1.82) is 0 Å². The monoisotopic (exact) mass is 204 g/mol. The molecule has 0 aromatic heterocycles. The first-order valence-corrected chi connectivity index (χ1v) is 4.95. The van der Waals surface area contributed by atoms with Gasteiger partial charge >= 0.3 is 11.9 Å². The molecule has 0 radical (unpaired) electrons. The maximum Gasteiger partial charge on any atom is 0.314 e. The molecule has 0 unspecified atom stereocenters. The maximum atomic E-state index is 11.1. The molecule has 0 amide bonds. The second-order valence-corrected chi connectivity index (χ2v) is 3.87. The lowest BCUT2D eigenvalue weighted by Gasteiger charge is -2.20. The lowest BCUT2D eigenvalue weighted by Crippen LogP contribution is -2.24. The predicted molar refractivity (Wildman–Crippen MR) is 54.3 cm³/mol. The van der Waals surface area contributed by atoms with Gasteiger partial charge in [0.05, 0.1) is 12.8 Å². The fourth-order valence-electron chi connectivity index (χ4n) is 1.84. The fourth-order valence-corrected chi connectivity index (χ4v) is 1.84. The largest absolute Gasteiger partial charge is 0.393 e. The molecule has 3 nitrogen and oxygen atoms in total. The minimum Gasteiger partial charge on any atom is -0.393 e. The van der Waals surface area contributed by atoms with E-state index >= 15 is 0 Å². The molecule has 0 saturated carbocycles. The molecule has 78 valence electrons. The van der Waals surface area contributed by atoms with Crippen molar-refractivity contribution in [3.05, 3.63) is 35.4 Å². The van der Waals surface area contributed by atoms with Gasteiger partial charge in [0.2, 0.25) is 0 Å². The highest BCUT2D eigenvalue weighted by molar-refractivity contribution is 5.89. The molecule has 1 fully saturated rings. The number of rotatable bonds is 1. The van der Waals surface area contributed by atoms with Crippen LogP contribution in [0.15, 0.2) is 24.3 Å². The van der Waals surface area contributed by atoms with Crippen molar-refractivity contribution in [3.63, 3.8) is 0 Å². The van der Waals surface area contributed by atoms with E-state index in [0.29, 0.717) is 12.8 Å². The SMILES string of the molecule is Cc1cccc(C2CC(=O)OC(=O)C2)c1. The predicted octanol–water partition coefficient (Wildman–Crippen LogP) is 1.94. The van der Waals surface area contributed by atoms with E-state index in [1.54, 1.807) is 0 Å². The lowest BCUT2D eigenvalue weighted by atomic mass is 9.90. The molecule has 0 spiro atoms. The van der Waals surface area contributed by atoms with Crippen LogP contribution in [-0.2, 0) is 14.3 Å². The highest BCUT2D eigenvalue weighted by atomic mass is 16.6. The Morgan fingerprint density at radius 3 is 2.47 bits per heavy atom. The summed E-state index contributed by atoms with van der Waals surface area (Å²) in [7, 11) is 0. The van der Waals surface area contributed by atoms with Gasteiger partial charge in [-0.1, -0.05) is 29.8 Å². The van der Waals surface area contributed by atoms with Gasteiger partial charge < -0.3 is 4.74 Å². The molecule has 2 rings (SSSR count). The van der Waals surface area contributed by atoms with Crippen LogP contribution in [0.2, 0.25) is 0 Å². The number of hydrogen-bond acceptors (Lipinski definition) is 3. The number of cyclic esters (lactones) is 2. The van der Waals surface area contributed by atoms with E-state index in [-0.39, 0.29) is 5.92 Å². The van der Waals surface area contributed by atoms with Gasteiger partial charge in [-0.3, -0.25) is 9.59 Å². The summed E-state index contributed by atoms with van der Waals surface area (Å²) in [5, 5.41) is 0.